The molecule has 1 aromatic carbocycles. The lowest BCUT2D eigenvalue weighted by atomic mass is 9.88. The molecule has 1 aliphatic heterocycles. The largest absolute Gasteiger partial charge is 0.416 e. The van der Waals surface area contributed by atoms with Gasteiger partial charge >= 0.3 is 6.18 Å². The van der Waals surface area contributed by atoms with Gasteiger partial charge in [0.05, 0.1) is 11.1 Å². The summed E-state index contributed by atoms with van der Waals surface area (Å²) in [5, 5.41) is 0. The van der Waals surface area contributed by atoms with E-state index in [9.17, 15) is 22.8 Å². The summed E-state index contributed by atoms with van der Waals surface area (Å²) >= 11 is 0. The molecule has 1 heterocycles. The van der Waals surface area contributed by atoms with Crippen LogP contribution in [-0.2, 0) is 11.0 Å². The van der Waals surface area contributed by atoms with Gasteiger partial charge < -0.3 is 10.6 Å². The van der Waals surface area contributed by atoms with E-state index in [0.29, 0.717) is 19.4 Å². The Morgan fingerprint density at radius 2 is 1.92 bits per heavy atom. The van der Waals surface area contributed by atoms with E-state index in [0.717, 1.165) is 12.1 Å². The van der Waals surface area contributed by atoms with Crippen LogP contribution in [0, 0.1) is 5.92 Å². The maximum atomic E-state index is 12.8. The summed E-state index contributed by atoms with van der Waals surface area (Å²) in [5.74, 6) is -1.13. The Morgan fingerprint density at radius 3 is 2.50 bits per heavy atom. The molecule has 1 aromatic rings. The number of carbonyl (C=O) groups excluding carboxylic acids is 2. The zero-order valence-corrected chi connectivity index (χ0v) is 13.7. The number of alkyl halides is 3. The number of nitrogens with zero attached hydrogens (tertiary/aromatic N) is 1. The van der Waals surface area contributed by atoms with E-state index in [1.807, 2.05) is 0 Å². The summed E-state index contributed by atoms with van der Waals surface area (Å²) in [6.07, 6.45) is -3.32. The Kier molecular flexibility index (Phi) is 5.03. The maximum absolute atomic E-state index is 12.8. The lowest BCUT2D eigenvalue weighted by molar-refractivity contribution is -0.138. The molecular formula is C17H21F3N2O2. The van der Waals surface area contributed by atoms with Crippen molar-refractivity contribution in [1.82, 2.24) is 4.90 Å². The highest BCUT2D eigenvalue weighted by Crippen LogP contribution is 2.31. The van der Waals surface area contributed by atoms with E-state index < -0.39 is 23.2 Å². The molecule has 1 unspecified atom stereocenters. The van der Waals surface area contributed by atoms with Crippen molar-refractivity contribution in [1.29, 1.82) is 0 Å². The highest BCUT2D eigenvalue weighted by atomic mass is 19.4. The fraction of sp³-hybridized carbons (Fsp3) is 0.529. The molecule has 2 rings (SSSR count). The van der Waals surface area contributed by atoms with Crippen molar-refractivity contribution in [3.63, 3.8) is 0 Å². The molecule has 1 amide bonds. The Labute approximate surface area is 138 Å². The zero-order valence-electron chi connectivity index (χ0n) is 13.7. The molecule has 1 saturated heterocycles. The van der Waals surface area contributed by atoms with Gasteiger partial charge in [-0.25, -0.2) is 0 Å². The quantitative estimate of drug-likeness (QED) is 0.859. The van der Waals surface area contributed by atoms with Crippen LogP contribution in [0.3, 0.4) is 0 Å². The van der Waals surface area contributed by atoms with Crippen molar-refractivity contribution < 1.29 is 22.8 Å². The zero-order chi connectivity index (χ0) is 18.1. The lowest BCUT2D eigenvalue weighted by Gasteiger charge is -2.35. The first kappa shape index (κ1) is 18.4. The number of nitrogens with two attached hydrogens (primary N) is 1. The Morgan fingerprint density at radius 1 is 1.25 bits per heavy atom. The number of hydrogen-bond donors (Lipinski definition) is 1. The van der Waals surface area contributed by atoms with Gasteiger partial charge in [-0.15, -0.1) is 0 Å². The molecule has 2 N–H and O–H groups in total. The Hall–Kier alpha value is -1.89. The van der Waals surface area contributed by atoms with E-state index in [-0.39, 0.29) is 23.8 Å². The molecule has 1 atom stereocenters. The topological polar surface area (TPSA) is 63.4 Å². The number of ketones is 1. The molecule has 1 aliphatic rings. The first-order valence-electron chi connectivity index (χ1n) is 7.80. The minimum absolute atomic E-state index is 0.0242. The average Bonchev–Trinajstić information content (AvgIpc) is 2.52. The van der Waals surface area contributed by atoms with E-state index >= 15 is 0 Å². The van der Waals surface area contributed by atoms with Crippen LogP contribution in [0.25, 0.3) is 0 Å². The summed E-state index contributed by atoms with van der Waals surface area (Å²) in [6, 6.07) is 4.41. The fourth-order valence-electron chi connectivity index (χ4n) is 2.87. The van der Waals surface area contributed by atoms with Gasteiger partial charge in [0.25, 0.3) is 0 Å². The van der Waals surface area contributed by atoms with Crippen LogP contribution in [0.4, 0.5) is 13.2 Å². The SMILES string of the molecule is CC(C)(N)C(=O)N1CCCC(C(=O)c2cccc(C(F)(F)F)c2)C1. The molecule has 4 nitrogen and oxygen atoms in total. The van der Waals surface area contributed by atoms with Gasteiger partial charge in [-0.05, 0) is 38.8 Å². The number of rotatable bonds is 3. The van der Waals surface area contributed by atoms with E-state index in [1.54, 1.807) is 13.8 Å². The summed E-state index contributed by atoms with van der Waals surface area (Å²) in [4.78, 5) is 26.3. The second-order valence-electron chi connectivity index (χ2n) is 6.75. The number of halogens is 3. The third-order valence-electron chi connectivity index (χ3n) is 4.11. The fourth-order valence-corrected chi connectivity index (χ4v) is 2.87. The van der Waals surface area contributed by atoms with Crippen molar-refractivity contribution in [2.75, 3.05) is 13.1 Å². The van der Waals surface area contributed by atoms with Gasteiger partial charge in [-0.1, -0.05) is 12.1 Å². The normalized spacial score (nSPS) is 19.2. The van der Waals surface area contributed by atoms with Crippen molar-refractivity contribution in [3.05, 3.63) is 35.4 Å². The summed E-state index contributed by atoms with van der Waals surface area (Å²) in [7, 11) is 0. The molecule has 0 radical (unpaired) electrons. The van der Waals surface area contributed by atoms with Gasteiger partial charge in [0, 0.05) is 24.6 Å². The van der Waals surface area contributed by atoms with Crippen LogP contribution in [0.2, 0.25) is 0 Å². The number of carbonyl (C=O) groups is 2. The minimum atomic E-state index is -4.49. The summed E-state index contributed by atoms with van der Waals surface area (Å²) in [5.41, 5.74) is 3.95. The molecule has 24 heavy (non-hydrogen) atoms. The minimum Gasteiger partial charge on any atom is -0.340 e. The molecule has 0 spiro atoms. The molecule has 1 fully saturated rings. The number of Topliss-reactive ketones (excluding diaryl/α,β-unsaturated/α-hetero) is 1. The van der Waals surface area contributed by atoms with Gasteiger partial charge in [0.1, 0.15) is 0 Å². The number of hydrogen-bond acceptors (Lipinski definition) is 3. The van der Waals surface area contributed by atoms with Crippen molar-refractivity contribution in [2.24, 2.45) is 11.7 Å². The van der Waals surface area contributed by atoms with Crippen LogP contribution < -0.4 is 5.73 Å². The second-order valence-corrected chi connectivity index (χ2v) is 6.75. The van der Waals surface area contributed by atoms with E-state index in [2.05, 4.69) is 0 Å². The third kappa shape index (κ3) is 4.14. The van der Waals surface area contributed by atoms with Crippen LogP contribution in [-0.4, -0.2) is 35.2 Å². The smallest absolute Gasteiger partial charge is 0.340 e. The summed E-state index contributed by atoms with van der Waals surface area (Å²) < 4.78 is 38.4. The van der Waals surface area contributed by atoms with Crippen molar-refractivity contribution >= 4 is 11.7 Å². The van der Waals surface area contributed by atoms with Gasteiger partial charge in [-0.2, -0.15) is 13.2 Å². The number of likely N-dealkylation sites (tertiary alicyclic amines) is 1. The Balaban J connectivity index is 2.17. The van der Waals surface area contributed by atoms with E-state index in [1.165, 1.54) is 17.0 Å². The van der Waals surface area contributed by atoms with Crippen LogP contribution in [0.15, 0.2) is 24.3 Å². The van der Waals surface area contributed by atoms with Crippen molar-refractivity contribution in [2.45, 2.75) is 38.4 Å². The molecule has 132 valence electrons. The number of amides is 1. The standard InChI is InChI=1S/C17H21F3N2O2/c1-16(2,21)15(24)22-8-4-6-12(10-22)14(23)11-5-3-7-13(9-11)17(18,19)20/h3,5,7,9,12H,4,6,8,10,21H2,1-2H3. The monoisotopic (exact) mass is 342 g/mol. The maximum Gasteiger partial charge on any atom is 0.416 e. The van der Waals surface area contributed by atoms with Gasteiger partial charge in [0.2, 0.25) is 5.91 Å². The summed E-state index contributed by atoms with van der Waals surface area (Å²) in [6.45, 7) is 3.88. The molecule has 0 aromatic heterocycles. The van der Waals surface area contributed by atoms with Crippen molar-refractivity contribution in [3.8, 4) is 0 Å². The molecule has 0 saturated carbocycles. The molecule has 0 bridgehead atoms. The number of benzene rings is 1. The van der Waals surface area contributed by atoms with Gasteiger partial charge in [0.15, 0.2) is 5.78 Å². The molecule has 0 aliphatic carbocycles. The molecule has 7 heteroatoms. The van der Waals surface area contributed by atoms with E-state index in [4.69, 9.17) is 5.73 Å². The average molecular weight is 342 g/mol. The molecular weight excluding hydrogens is 321 g/mol. The van der Waals surface area contributed by atoms with Crippen LogP contribution >= 0.6 is 0 Å². The first-order valence-corrected chi connectivity index (χ1v) is 7.80. The third-order valence-corrected chi connectivity index (χ3v) is 4.11. The first-order chi connectivity index (χ1) is 11.0. The Bertz CT molecular complexity index is 635. The highest BCUT2D eigenvalue weighted by molar-refractivity contribution is 5.98. The predicted octanol–water partition coefficient (Wildman–Crippen LogP) is 2.86. The van der Waals surface area contributed by atoms with Crippen LogP contribution in [0.5, 0.6) is 0 Å². The highest BCUT2D eigenvalue weighted by Gasteiger charge is 2.35. The second kappa shape index (κ2) is 6.55. The number of piperidine rings is 1. The van der Waals surface area contributed by atoms with Crippen LogP contribution in [0.1, 0.15) is 42.6 Å². The lowest BCUT2D eigenvalue weighted by Crippen LogP contribution is -2.54. The predicted molar refractivity (Wildman–Crippen MR) is 83.3 cm³/mol. The van der Waals surface area contributed by atoms with Gasteiger partial charge in [-0.3, -0.25) is 9.59 Å².